The number of benzene rings is 2. The van der Waals surface area contributed by atoms with Crippen LogP contribution >= 0.6 is 0 Å². The summed E-state index contributed by atoms with van der Waals surface area (Å²) in [6, 6.07) is 17.7. The Bertz CT molecular complexity index is 971. The summed E-state index contributed by atoms with van der Waals surface area (Å²) in [4.78, 5) is 6.86. The highest BCUT2D eigenvalue weighted by molar-refractivity contribution is 5.91. The van der Waals surface area contributed by atoms with E-state index in [0.717, 1.165) is 0 Å². The number of nitrogens with zero attached hydrogens (tertiary/aromatic N) is 2. The van der Waals surface area contributed by atoms with E-state index in [1.807, 2.05) is 12.4 Å². The summed E-state index contributed by atoms with van der Waals surface area (Å²) in [5, 5.41) is 0. The summed E-state index contributed by atoms with van der Waals surface area (Å²) in [5.41, 5.74) is 9.37. The molecule has 0 bridgehead atoms. The topological polar surface area (TPSA) is 16.1 Å². The van der Waals surface area contributed by atoms with Crippen LogP contribution in [0.2, 0.25) is 0 Å². The molecule has 3 heterocycles. The summed E-state index contributed by atoms with van der Waals surface area (Å²) in [5.74, 6) is 0.404. The number of fused-ring (bicyclic) bond motifs is 4. The zero-order chi connectivity index (χ0) is 16.5. The third-order valence-corrected chi connectivity index (χ3v) is 5.79. The fourth-order valence-electron chi connectivity index (χ4n) is 4.50. The number of para-hydroxylation sites is 2. The second kappa shape index (κ2) is 4.47. The zero-order valence-corrected chi connectivity index (χ0v) is 14.2. The minimum absolute atomic E-state index is 0.0217. The van der Waals surface area contributed by atoms with Gasteiger partial charge in [0.15, 0.2) is 0 Å². The van der Waals surface area contributed by atoms with Crippen molar-refractivity contribution in [2.75, 3.05) is 4.90 Å². The highest BCUT2D eigenvalue weighted by Crippen LogP contribution is 2.57. The van der Waals surface area contributed by atoms with Crippen molar-refractivity contribution in [1.82, 2.24) is 4.98 Å². The Morgan fingerprint density at radius 2 is 1.67 bits per heavy atom. The van der Waals surface area contributed by atoms with E-state index in [-0.39, 0.29) is 5.41 Å². The minimum atomic E-state index is -0.0217. The Morgan fingerprint density at radius 1 is 0.875 bits per heavy atom. The molecule has 2 aromatic carbocycles. The molecule has 24 heavy (non-hydrogen) atoms. The summed E-state index contributed by atoms with van der Waals surface area (Å²) in [6.07, 6.45) is 3.93. The summed E-state index contributed by atoms with van der Waals surface area (Å²) in [6.45, 7) is 6.96. The third kappa shape index (κ3) is 1.53. The lowest BCUT2D eigenvalue weighted by Gasteiger charge is -2.46. The largest absolute Gasteiger partial charge is 0.308 e. The maximum atomic E-state index is 4.44. The van der Waals surface area contributed by atoms with Gasteiger partial charge in [0.05, 0.1) is 23.3 Å². The van der Waals surface area contributed by atoms with Crippen LogP contribution in [0.25, 0.3) is 0 Å². The van der Waals surface area contributed by atoms with Gasteiger partial charge in [0.2, 0.25) is 0 Å². The van der Waals surface area contributed by atoms with Crippen molar-refractivity contribution in [2.45, 2.75) is 32.1 Å². The van der Waals surface area contributed by atoms with Crippen LogP contribution in [0.4, 0.5) is 17.1 Å². The van der Waals surface area contributed by atoms with Crippen LogP contribution < -0.4 is 4.90 Å². The van der Waals surface area contributed by atoms with Gasteiger partial charge in [-0.25, -0.2) is 0 Å². The van der Waals surface area contributed by atoms with Gasteiger partial charge in [-0.3, -0.25) is 4.98 Å². The molecule has 2 aliphatic rings. The fraction of sp³-hybridized carbons (Fsp3) is 0.227. The molecule has 1 atom stereocenters. The monoisotopic (exact) mass is 312 g/mol. The van der Waals surface area contributed by atoms with Crippen molar-refractivity contribution in [3.63, 3.8) is 0 Å². The van der Waals surface area contributed by atoms with Crippen LogP contribution in [0, 0.1) is 0 Å². The highest BCUT2D eigenvalue weighted by atomic mass is 15.2. The summed E-state index contributed by atoms with van der Waals surface area (Å²) >= 11 is 0. The quantitative estimate of drug-likeness (QED) is 0.533. The molecule has 0 saturated heterocycles. The molecule has 0 fully saturated rings. The molecule has 2 nitrogen and oxygen atoms in total. The molecule has 5 rings (SSSR count). The Labute approximate surface area is 142 Å². The predicted octanol–water partition coefficient (Wildman–Crippen LogP) is 5.66. The molecular formula is C22H20N2. The van der Waals surface area contributed by atoms with Gasteiger partial charge in [-0.15, -0.1) is 0 Å². The molecule has 1 aromatic heterocycles. The van der Waals surface area contributed by atoms with Crippen molar-refractivity contribution in [3.05, 3.63) is 83.2 Å². The minimum Gasteiger partial charge on any atom is -0.308 e. The van der Waals surface area contributed by atoms with Gasteiger partial charge in [-0.2, -0.15) is 0 Å². The Hall–Kier alpha value is -2.61. The molecule has 2 aliphatic heterocycles. The third-order valence-electron chi connectivity index (χ3n) is 5.79. The second-order valence-electron chi connectivity index (χ2n) is 7.38. The second-order valence-corrected chi connectivity index (χ2v) is 7.38. The molecule has 0 aliphatic carbocycles. The normalized spacial score (nSPS) is 19.3. The molecule has 3 aromatic rings. The van der Waals surface area contributed by atoms with Gasteiger partial charge in [0, 0.05) is 17.5 Å². The highest BCUT2D eigenvalue weighted by Gasteiger charge is 2.41. The van der Waals surface area contributed by atoms with Crippen molar-refractivity contribution in [2.24, 2.45) is 0 Å². The van der Waals surface area contributed by atoms with E-state index in [1.54, 1.807) is 0 Å². The first kappa shape index (κ1) is 13.8. The smallest absolute Gasteiger partial charge is 0.0686 e. The maximum Gasteiger partial charge on any atom is 0.0686 e. The molecule has 0 spiro atoms. The van der Waals surface area contributed by atoms with Gasteiger partial charge in [0.1, 0.15) is 0 Å². The molecule has 0 amide bonds. The Morgan fingerprint density at radius 3 is 2.54 bits per heavy atom. The van der Waals surface area contributed by atoms with Crippen LogP contribution in [0.5, 0.6) is 0 Å². The first-order valence-corrected chi connectivity index (χ1v) is 8.57. The number of pyridine rings is 1. The van der Waals surface area contributed by atoms with Crippen molar-refractivity contribution < 1.29 is 0 Å². The van der Waals surface area contributed by atoms with Crippen LogP contribution in [-0.2, 0) is 5.41 Å². The Balaban J connectivity index is 1.94. The number of anilines is 3. The van der Waals surface area contributed by atoms with Gasteiger partial charge < -0.3 is 4.90 Å². The van der Waals surface area contributed by atoms with Crippen molar-refractivity contribution in [3.8, 4) is 0 Å². The molecule has 118 valence electrons. The molecule has 2 heteroatoms. The van der Waals surface area contributed by atoms with Crippen LogP contribution in [0.3, 0.4) is 0 Å². The van der Waals surface area contributed by atoms with E-state index in [0.29, 0.717) is 5.92 Å². The molecule has 1 unspecified atom stereocenters. The van der Waals surface area contributed by atoms with Gasteiger partial charge in [-0.1, -0.05) is 57.2 Å². The maximum absolute atomic E-state index is 4.44. The lowest BCUT2D eigenvalue weighted by Crippen LogP contribution is -2.34. The predicted molar refractivity (Wildman–Crippen MR) is 98.6 cm³/mol. The fourth-order valence-corrected chi connectivity index (χ4v) is 4.50. The lowest BCUT2D eigenvalue weighted by molar-refractivity contribution is 0.625. The van der Waals surface area contributed by atoms with E-state index < -0.39 is 0 Å². The zero-order valence-electron chi connectivity index (χ0n) is 14.2. The first-order chi connectivity index (χ1) is 11.6. The van der Waals surface area contributed by atoms with E-state index in [9.17, 15) is 0 Å². The molecule has 0 radical (unpaired) electrons. The van der Waals surface area contributed by atoms with E-state index in [4.69, 9.17) is 0 Å². The average molecular weight is 312 g/mol. The first-order valence-electron chi connectivity index (χ1n) is 8.57. The average Bonchev–Trinajstić information content (AvgIpc) is 2.61. The van der Waals surface area contributed by atoms with Gasteiger partial charge in [0.25, 0.3) is 0 Å². The molecule has 0 N–H and O–H groups in total. The number of rotatable bonds is 0. The van der Waals surface area contributed by atoms with E-state index in [1.165, 1.54) is 39.3 Å². The van der Waals surface area contributed by atoms with Gasteiger partial charge in [-0.05, 0) is 34.4 Å². The number of hydrogen-bond acceptors (Lipinski definition) is 2. The molecular weight excluding hydrogens is 292 g/mol. The standard InChI is InChI=1S/C22H20N2/c1-14-15-7-4-5-10-19(15)24-20-13-23-12-11-17(20)22(2,3)18-9-6-8-16(14)21(18)24/h4-14H,1-3H3. The lowest BCUT2D eigenvalue weighted by atomic mass is 9.70. The van der Waals surface area contributed by atoms with Crippen LogP contribution in [0.1, 0.15) is 48.9 Å². The van der Waals surface area contributed by atoms with Crippen LogP contribution in [-0.4, -0.2) is 4.98 Å². The SMILES string of the molecule is CC1c2ccccc2N2c3cnccc3C(C)(C)c3cccc1c32. The Kier molecular flexibility index (Phi) is 2.57. The number of aromatic nitrogens is 1. The van der Waals surface area contributed by atoms with Crippen LogP contribution in [0.15, 0.2) is 60.9 Å². The van der Waals surface area contributed by atoms with Gasteiger partial charge >= 0.3 is 0 Å². The summed E-state index contributed by atoms with van der Waals surface area (Å²) < 4.78 is 0. The van der Waals surface area contributed by atoms with E-state index in [2.05, 4.69) is 79.2 Å². The molecule has 0 saturated carbocycles. The summed E-state index contributed by atoms with van der Waals surface area (Å²) in [7, 11) is 0. The number of hydrogen-bond donors (Lipinski definition) is 0. The van der Waals surface area contributed by atoms with E-state index >= 15 is 0 Å². The van der Waals surface area contributed by atoms with Crippen molar-refractivity contribution in [1.29, 1.82) is 0 Å². The van der Waals surface area contributed by atoms with Crippen molar-refractivity contribution >= 4 is 17.1 Å².